The maximum Gasteiger partial charge on any atom is 0.287 e. The maximum absolute atomic E-state index is 12.4. The van der Waals surface area contributed by atoms with E-state index >= 15 is 0 Å². The van der Waals surface area contributed by atoms with Crippen LogP contribution in [0.1, 0.15) is 33.5 Å². The second-order valence-corrected chi connectivity index (χ2v) is 5.14. The van der Waals surface area contributed by atoms with Crippen molar-refractivity contribution in [3.63, 3.8) is 0 Å². The van der Waals surface area contributed by atoms with Gasteiger partial charge in [0.2, 0.25) is 0 Å². The summed E-state index contributed by atoms with van der Waals surface area (Å²) >= 11 is 0. The summed E-state index contributed by atoms with van der Waals surface area (Å²) in [5.74, 6) is 0.795. The Bertz CT molecular complexity index is 775. The first-order valence-electron chi connectivity index (χ1n) is 7.04. The molecule has 1 unspecified atom stereocenters. The molecule has 1 N–H and O–H groups in total. The summed E-state index contributed by atoms with van der Waals surface area (Å²) in [6.45, 7) is 2.02. The molecular weight excluding hydrogens is 278 g/mol. The predicted octanol–water partition coefficient (Wildman–Crippen LogP) is 2.84. The first-order valence-corrected chi connectivity index (χ1v) is 7.04. The molecule has 0 saturated carbocycles. The Hall–Kier alpha value is -2.82. The molecule has 0 fully saturated rings. The molecule has 0 aliphatic carbocycles. The molecule has 0 radical (unpaired) electrons. The van der Waals surface area contributed by atoms with Crippen LogP contribution in [0.25, 0.3) is 0 Å². The summed E-state index contributed by atoms with van der Waals surface area (Å²) in [6, 6.07) is 10.9. The van der Waals surface area contributed by atoms with Crippen molar-refractivity contribution in [1.29, 1.82) is 0 Å². The highest BCUT2D eigenvalue weighted by Crippen LogP contribution is 2.24. The van der Waals surface area contributed by atoms with Crippen LogP contribution in [0.3, 0.4) is 0 Å². The standard InChI is InChI=1S/C17H17N3O2/c1-12-6-3-4-7-13(12)15(16-18-9-10-20(16)2)19-17(21)14-8-5-11-22-14/h3-11,15H,1-2H3,(H,19,21). The number of nitrogens with one attached hydrogen (secondary N) is 1. The molecule has 0 saturated heterocycles. The SMILES string of the molecule is Cc1ccccc1C(NC(=O)c1ccco1)c1nccn1C. The molecule has 0 bridgehead atoms. The zero-order chi connectivity index (χ0) is 15.5. The number of rotatable bonds is 4. The lowest BCUT2D eigenvalue weighted by molar-refractivity contribution is 0.0913. The lowest BCUT2D eigenvalue weighted by atomic mass is 10.0. The fraction of sp³-hybridized carbons (Fsp3) is 0.176. The number of amides is 1. The van der Waals surface area contributed by atoms with Crippen molar-refractivity contribution in [2.45, 2.75) is 13.0 Å². The van der Waals surface area contributed by atoms with Crippen LogP contribution in [0.2, 0.25) is 0 Å². The molecule has 1 amide bonds. The van der Waals surface area contributed by atoms with Gasteiger partial charge in [0.25, 0.3) is 5.91 Å². The van der Waals surface area contributed by atoms with Gasteiger partial charge in [0.15, 0.2) is 5.76 Å². The van der Waals surface area contributed by atoms with Crippen LogP contribution in [0, 0.1) is 6.92 Å². The average molecular weight is 295 g/mol. The summed E-state index contributed by atoms with van der Waals surface area (Å²) < 4.78 is 7.07. The van der Waals surface area contributed by atoms with E-state index in [1.54, 1.807) is 18.3 Å². The van der Waals surface area contributed by atoms with Crippen molar-refractivity contribution >= 4 is 5.91 Å². The maximum atomic E-state index is 12.4. The normalized spacial score (nSPS) is 12.1. The number of carbonyl (C=O) groups is 1. The number of aryl methyl sites for hydroxylation is 2. The van der Waals surface area contributed by atoms with Crippen molar-refractivity contribution < 1.29 is 9.21 Å². The van der Waals surface area contributed by atoms with Crippen LogP contribution in [0.4, 0.5) is 0 Å². The smallest absolute Gasteiger partial charge is 0.287 e. The number of benzene rings is 1. The van der Waals surface area contributed by atoms with Gasteiger partial charge in [-0.2, -0.15) is 0 Å². The van der Waals surface area contributed by atoms with Gasteiger partial charge in [0, 0.05) is 19.4 Å². The number of nitrogens with zero attached hydrogens (tertiary/aromatic N) is 2. The van der Waals surface area contributed by atoms with E-state index in [1.807, 2.05) is 49.0 Å². The number of aromatic nitrogens is 2. The van der Waals surface area contributed by atoms with Gasteiger partial charge in [-0.25, -0.2) is 4.98 Å². The van der Waals surface area contributed by atoms with Crippen LogP contribution in [-0.2, 0) is 7.05 Å². The number of hydrogen-bond donors (Lipinski definition) is 1. The van der Waals surface area contributed by atoms with Crippen molar-refractivity contribution in [1.82, 2.24) is 14.9 Å². The molecule has 2 aromatic heterocycles. The highest BCUT2D eigenvalue weighted by molar-refractivity contribution is 5.91. The van der Waals surface area contributed by atoms with Gasteiger partial charge in [-0.15, -0.1) is 0 Å². The number of imidazole rings is 1. The Balaban J connectivity index is 1.99. The Labute approximate surface area is 128 Å². The van der Waals surface area contributed by atoms with Gasteiger partial charge in [0.05, 0.1) is 6.26 Å². The third-order valence-corrected chi connectivity index (χ3v) is 3.64. The molecule has 3 rings (SSSR count). The Morgan fingerprint density at radius 1 is 1.27 bits per heavy atom. The summed E-state index contributed by atoms with van der Waals surface area (Å²) in [4.78, 5) is 16.8. The second kappa shape index (κ2) is 5.89. The predicted molar refractivity (Wildman–Crippen MR) is 82.4 cm³/mol. The van der Waals surface area contributed by atoms with Gasteiger partial charge in [0.1, 0.15) is 11.9 Å². The van der Waals surface area contributed by atoms with E-state index in [4.69, 9.17) is 4.42 Å². The van der Waals surface area contributed by atoms with E-state index < -0.39 is 0 Å². The highest BCUT2D eigenvalue weighted by atomic mass is 16.3. The topological polar surface area (TPSA) is 60.1 Å². The summed E-state index contributed by atoms with van der Waals surface area (Å²) in [5.41, 5.74) is 2.10. The van der Waals surface area contributed by atoms with Gasteiger partial charge in [-0.1, -0.05) is 24.3 Å². The molecule has 3 aromatic rings. The van der Waals surface area contributed by atoms with E-state index in [2.05, 4.69) is 10.3 Å². The van der Waals surface area contributed by atoms with Gasteiger partial charge < -0.3 is 14.3 Å². The van der Waals surface area contributed by atoms with Crippen molar-refractivity contribution in [3.05, 3.63) is 77.8 Å². The molecule has 1 atom stereocenters. The molecular formula is C17H17N3O2. The lowest BCUT2D eigenvalue weighted by Gasteiger charge is -2.20. The highest BCUT2D eigenvalue weighted by Gasteiger charge is 2.23. The van der Waals surface area contributed by atoms with E-state index in [0.717, 1.165) is 17.0 Å². The molecule has 0 spiro atoms. The molecule has 0 aliphatic rings. The van der Waals surface area contributed by atoms with Crippen LogP contribution >= 0.6 is 0 Å². The van der Waals surface area contributed by atoms with Gasteiger partial charge in [-0.05, 0) is 30.2 Å². The largest absolute Gasteiger partial charge is 0.459 e. The van der Waals surface area contributed by atoms with E-state index in [9.17, 15) is 4.79 Å². The molecule has 22 heavy (non-hydrogen) atoms. The number of hydrogen-bond acceptors (Lipinski definition) is 3. The molecule has 5 nitrogen and oxygen atoms in total. The zero-order valence-corrected chi connectivity index (χ0v) is 12.5. The van der Waals surface area contributed by atoms with Crippen molar-refractivity contribution in [2.24, 2.45) is 7.05 Å². The third-order valence-electron chi connectivity index (χ3n) is 3.64. The number of furan rings is 1. The summed E-state index contributed by atoms with van der Waals surface area (Å²) in [7, 11) is 1.91. The van der Waals surface area contributed by atoms with Crippen LogP contribution in [0.5, 0.6) is 0 Å². The van der Waals surface area contributed by atoms with Gasteiger partial charge in [-0.3, -0.25) is 4.79 Å². The minimum absolute atomic E-state index is 0.263. The summed E-state index contributed by atoms with van der Waals surface area (Å²) in [5, 5.41) is 3.00. The molecule has 112 valence electrons. The lowest BCUT2D eigenvalue weighted by Crippen LogP contribution is -2.31. The second-order valence-electron chi connectivity index (χ2n) is 5.14. The van der Waals surface area contributed by atoms with Crippen LogP contribution < -0.4 is 5.32 Å². The summed E-state index contributed by atoms with van der Waals surface area (Å²) in [6.07, 6.45) is 5.07. The quantitative estimate of drug-likeness (QED) is 0.805. The molecule has 0 aliphatic heterocycles. The van der Waals surface area contributed by atoms with E-state index in [1.165, 1.54) is 6.26 Å². The fourth-order valence-electron chi connectivity index (χ4n) is 2.46. The Morgan fingerprint density at radius 2 is 2.09 bits per heavy atom. The first-order chi connectivity index (χ1) is 10.7. The minimum atomic E-state index is -0.334. The monoisotopic (exact) mass is 295 g/mol. The molecule has 2 heterocycles. The van der Waals surface area contributed by atoms with E-state index in [0.29, 0.717) is 0 Å². The van der Waals surface area contributed by atoms with Gasteiger partial charge >= 0.3 is 0 Å². The van der Waals surface area contributed by atoms with Crippen LogP contribution in [0.15, 0.2) is 59.5 Å². The fourth-order valence-corrected chi connectivity index (χ4v) is 2.46. The molecule has 5 heteroatoms. The first kappa shape index (κ1) is 14.1. The minimum Gasteiger partial charge on any atom is -0.459 e. The van der Waals surface area contributed by atoms with Crippen LogP contribution in [-0.4, -0.2) is 15.5 Å². The van der Waals surface area contributed by atoms with Crippen molar-refractivity contribution in [2.75, 3.05) is 0 Å². The Morgan fingerprint density at radius 3 is 2.73 bits per heavy atom. The van der Waals surface area contributed by atoms with E-state index in [-0.39, 0.29) is 17.7 Å². The average Bonchev–Trinajstić information content (AvgIpc) is 3.17. The van der Waals surface area contributed by atoms with Crippen molar-refractivity contribution in [3.8, 4) is 0 Å². The third kappa shape index (κ3) is 2.65. The number of carbonyl (C=O) groups excluding carboxylic acids is 1. The Kier molecular flexibility index (Phi) is 3.78. The zero-order valence-electron chi connectivity index (χ0n) is 12.5. The molecule has 1 aromatic carbocycles.